The normalized spacial score (nSPS) is 12.1. The van der Waals surface area contributed by atoms with E-state index in [1.54, 1.807) is 13.2 Å². The van der Waals surface area contributed by atoms with Gasteiger partial charge in [0.05, 0.1) is 31.5 Å². The van der Waals surface area contributed by atoms with Crippen LogP contribution in [0, 0.1) is 0 Å². The maximum absolute atomic E-state index is 10.5. The molecule has 34 heavy (non-hydrogen) atoms. The molecule has 1 heterocycles. The third-order valence-corrected chi connectivity index (χ3v) is 5.43. The van der Waals surface area contributed by atoms with Gasteiger partial charge >= 0.3 is 0 Å². The van der Waals surface area contributed by atoms with Crippen LogP contribution < -0.4 is 4.90 Å². The molecule has 0 amide bonds. The van der Waals surface area contributed by atoms with Gasteiger partial charge in [-0.05, 0) is 5.56 Å². The summed E-state index contributed by atoms with van der Waals surface area (Å²) < 4.78 is 16.7. The Balaban J connectivity index is 1.86. The van der Waals surface area contributed by atoms with Gasteiger partial charge < -0.3 is 24.0 Å². The number of rotatable bonds is 15. The van der Waals surface area contributed by atoms with Crippen LogP contribution in [-0.4, -0.2) is 68.3 Å². The van der Waals surface area contributed by atoms with Crippen molar-refractivity contribution >= 4 is 5.88 Å². The first-order valence-corrected chi connectivity index (χ1v) is 11.5. The maximum Gasteiger partial charge on any atom is 0.232 e. The lowest BCUT2D eigenvalue weighted by Crippen LogP contribution is -2.37. The number of aliphatic hydroxyl groups excluding tert-OH is 1. The molecule has 0 aliphatic rings. The molecule has 0 saturated carbocycles. The molecule has 3 aromatic rings. The van der Waals surface area contributed by atoms with Crippen LogP contribution in [0.5, 0.6) is 0 Å². The Morgan fingerprint density at radius 3 is 2.47 bits per heavy atom. The van der Waals surface area contributed by atoms with Crippen LogP contribution in [0.1, 0.15) is 11.1 Å². The summed E-state index contributed by atoms with van der Waals surface area (Å²) in [6.07, 6.45) is 1.04. The van der Waals surface area contributed by atoms with E-state index >= 15 is 0 Å². The summed E-state index contributed by atoms with van der Waals surface area (Å²) >= 11 is 0. The van der Waals surface area contributed by atoms with Crippen molar-refractivity contribution in [3.05, 3.63) is 84.4 Å². The summed E-state index contributed by atoms with van der Waals surface area (Å²) in [4.78, 5) is 4.21. The minimum atomic E-state index is -0.637. The van der Waals surface area contributed by atoms with Crippen molar-refractivity contribution in [3.8, 4) is 11.3 Å². The zero-order valence-electron chi connectivity index (χ0n) is 20.1. The van der Waals surface area contributed by atoms with Crippen molar-refractivity contribution in [3.63, 3.8) is 0 Å². The first-order valence-electron chi connectivity index (χ1n) is 11.5. The maximum atomic E-state index is 10.5. The molecule has 0 saturated heterocycles. The zero-order chi connectivity index (χ0) is 24.2. The van der Waals surface area contributed by atoms with E-state index in [1.807, 2.05) is 55.6 Å². The molecule has 0 radical (unpaired) electrons. The Morgan fingerprint density at radius 1 is 1.09 bits per heavy atom. The summed E-state index contributed by atoms with van der Waals surface area (Å²) in [6, 6.07) is 20.3. The molecular formula is C27H35N3O4. The minimum absolute atomic E-state index is 0.242. The molecule has 7 heteroatoms. The van der Waals surface area contributed by atoms with Crippen molar-refractivity contribution in [1.29, 1.82) is 0 Å². The number of aliphatic hydroxyl groups is 1. The largest absolute Gasteiger partial charge is 0.389 e. The summed E-state index contributed by atoms with van der Waals surface area (Å²) in [5.41, 5.74) is 3.94. The van der Waals surface area contributed by atoms with Gasteiger partial charge in [0.1, 0.15) is 5.69 Å². The number of nitrogens with zero attached hydrogens (tertiary/aromatic N) is 3. The second-order valence-electron chi connectivity index (χ2n) is 8.23. The van der Waals surface area contributed by atoms with Crippen molar-refractivity contribution in [2.45, 2.75) is 19.2 Å². The highest BCUT2D eigenvalue weighted by Gasteiger charge is 2.24. The van der Waals surface area contributed by atoms with Gasteiger partial charge in [0.2, 0.25) is 5.88 Å². The van der Waals surface area contributed by atoms with Crippen molar-refractivity contribution in [2.24, 2.45) is 0 Å². The molecule has 0 fully saturated rings. The standard InChI is InChI=1S/C27H35N3O4/c1-4-16-33-21-24(31)19-30(15-17-32-3)20-25-26(23-13-9-6-10-14-23)28-34-27(25)29(2)18-22-11-7-5-8-12-22/h4-14,24,31H,1,15-21H2,2-3H3. The third-order valence-electron chi connectivity index (χ3n) is 5.43. The molecule has 1 atom stereocenters. The highest BCUT2D eigenvalue weighted by molar-refractivity contribution is 5.68. The van der Waals surface area contributed by atoms with Gasteiger partial charge in [0.25, 0.3) is 0 Å². The molecule has 0 aliphatic carbocycles. The molecule has 182 valence electrons. The lowest BCUT2D eigenvalue weighted by atomic mass is 10.1. The van der Waals surface area contributed by atoms with Gasteiger partial charge in [0.15, 0.2) is 0 Å². The number of hydrogen-bond acceptors (Lipinski definition) is 7. The van der Waals surface area contributed by atoms with Crippen LogP contribution in [0.2, 0.25) is 0 Å². The minimum Gasteiger partial charge on any atom is -0.389 e. The first kappa shape index (κ1) is 25.6. The fourth-order valence-corrected chi connectivity index (χ4v) is 3.81. The average Bonchev–Trinajstić information content (AvgIpc) is 3.27. The van der Waals surface area contributed by atoms with E-state index < -0.39 is 6.10 Å². The van der Waals surface area contributed by atoms with E-state index in [1.165, 1.54) is 5.56 Å². The first-order chi connectivity index (χ1) is 16.6. The SMILES string of the molecule is C=CCOCC(O)CN(CCOC)Cc1c(-c2ccccc2)noc1N(C)Cc1ccccc1. The van der Waals surface area contributed by atoms with Gasteiger partial charge in [0, 0.05) is 45.9 Å². The van der Waals surface area contributed by atoms with E-state index in [0.29, 0.717) is 45.3 Å². The topological polar surface area (TPSA) is 71.2 Å². The molecular weight excluding hydrogens is 430 g/mol. The third kappa shape index (κ3) is 7.53. The van der Waals surface area contributed by atoms with Crippen molar-refractivity contribution in [1.82, 2.24) is 10.1 Å². The molecule has 7 nitrogen and oxygen atoms in total. The Hall–Kier alpha value is -2.97. The average molecular weight is 466 g/mol. The monoisotopic (exact) mass is 465 g/mol. The molecule has 0 spiro atoms. The van der Waals surface area contributed by atoms with E-state index in [-0.39, 0.29) is 6.61 Å². The van der Waals surface area contributed by atoms with Crippen LogP contribution in [0.15, 0.2) is 77.8 Å². The van der Waals surface area contributed by atoms with Crippen molar-refractivity contribution < 1.29 is 19.1 Å². The predicted molar refractivity (Wildman–Crippen MR) is 135 cm³/mol. The lowest BCUT2D eigenvalue weighted by molar-refractivity contribution is 0.0194. The molecule has 0 bridgehead atoms. The zero-order valence-corrected chi connectivity index (χ0v) is 20.1. The number of hydrogen-bond donors (Lipinski definition) is 1. The highest BCUT2D eigenvalue weighted by Crippen LogP contribution is 2.32. The quantitative estimate of drug-likeness (QED) is 0.269. The Labute approximate surface area is 202 Å². The smallest absolute Gasteiger partial charge is 0.232 e. The van der Waals surface area contributed by atoms with Crippen molar-refractivity contribution in [2.75, 3.05) is 52.0 Å². The number of aromatic nitrogens is 1. The summed E-state index contributed by atoms with van der Waals surface area (Å²) in [7, 11) is 3.68. The Bertz CT molecular complexity index is 978. The fraction of sp³-hybridized carbons (Fsp3) is 0.370. The Kier molecular flexibility index (Phi) is 10.3. The number of benzene rings is 2. The van der Waals surface area contributed by atoms with Crippen LogP contribution in [0.3, 0.4) is 0 Å². The molecule has 1 unspecified atom stereocenters. The fourth-order valence-electron chi connectivity index (χ4n) is 3.81. The number of ether oxygens (including phenoxy) is 2. The lowest BCUT2D eigenvalue weighted by Gasteiger charge is -2.26. The van der Waals surface area contributed by atoms with Gasteiger partial charge in [-0.1, -0.05) is 71.9 Å². The van der Waals surface area contributed by atoms with Crippen LogP contribution >= 0.6 is 0 Å². The summed E-state index contributed by atoms with van der Waals surface area (Å²) in [5.74, 6) is 0.711. The molecule has 1 N–H and O–H groups in total. The molecule has 2 aromatic carbocycles. The summed E-state index contributed by atoms with van der Waals surface area (Å²) in [5, 5.41) is 15.0. The van der Waals surface area contributed by atoms with Gasteiger partial charge in [-0.3, -0.25) is 4.90 Å². The van der Waals surface area contributed by atoms with E-state index in [9.17, 15) is 5.11 Å². The second-order valence-corrected chi connectivity index (χ2v) is 8.23. The molecule has 3 rings (SSSR count). The van der Waals surface area contributed by atoms with Crippen LogP contribution in [0.4, 0.5) is 5.88 Å². The van der Waals surface area contributed by atoms with Crippen LogP contribution in [-0.2, 0) is 22.6 Å². The van der Waals surface area contributed by atoms with E-state index in [4.69, 9.17) is 14.0 Å². The van der Waals surface area contributed by atoms with E-state index in [2.05, 4.69) is 33.7 Å². The van der Waals surface area contributed by atoms with E-state index in [0.717, 1.165) is 16.8 Å². The Morgan fingerprint density at radius 2 is 1.79 bits per heavy atom. The molecule has 1 aromatic heterocycles. The van der Waals surface area contributed by atoms with Gasteiger partial charge in [-0.15, -0.1) is 6.58 Å². The van der Waals surface area contributed by atoms with Crippen LogP contribution in [0.25, 0.3) is 11.3 Å². The second kappa shape index (κ2) is 13.7. The van der Waals surface area contributed by atoms with Gasteiger partial charge in [-0.2, -0.15) is 0 Å². The summed E-state index contributed by atoms with van der Waals surface area (Å²) in [6.45, 7) is 7.16. The molecule has 0 aliphatic heterocycles. The highest BCUT2D eigenvalue weighted by atomic mass is 16.5. The van der Waals surface area contributed by atoms with Gasteiger partial charge in [-0.25, -0.2) is 0 Å². The predicted octanol–water partition coefficient (Wildman–Crippen LogP) is 3.99. The number of anilines is 1. The number of methoxy groups -OCH3 is 1.